The van der Waals surface area contributed by atoms with Gasteiger partial charge in [-0.3, -0.25) is 0 Å². The third kappa shape index (κ3) is 3.38. The lowest BCUT2D eigenvalue weighted by Crippen LogP contribution is -2.49. The topological polar surface area (TPSA) is 32.3 Å². The Hall–Kier alpha value is -1.28. The van der Waals surface area contributed by atoms with Gasteiger partial charge in [0, 0.05) is 6.04 Å². The van der Waals surface area contributed by atoms with Crippen LogP contribution in [-0.2, 0) is 6.42 Å². The molecule has 0 unspecified atom stereocenters. The van der Waals surface area contributed by atoms with Crippen LogP contribution in [0.15, 0.2) is 42.7 Å². The Morgan fingerprint density at radius 2 is 1.94 bits per heavy atom. The molecule has 16 heavy (non-hydrogen) atoms. The van der Waals surface area contributed by atoms with E-state index in [0.29, 0.717) is 6.04 Å². The van der Waals surface area contributed by atoms with Crippen molar-refractivity contribution in [2.24, 2.45) is 0 Å². The van der Waals surface area contributed by atoms with Crippen molar-refractivity contribution in [2.45, 2.75) is 38.8 Å². The van der Waals surface area contributed by atoms with Crippen LogP contribution in [0.1, 0.15) is 26.3 Å². The maximum absolute atomic E-state index is 9.72. The molecule has 0 amide bonds. The molecule has 88 valence electrons. The van der Waals surface area contributed by atoms with Gasteiger partial charge in [-0.2, -0.15) is 0 Å². The van der Waals surface area contributed by atoms with Gasteiger partial charge in [-0.05, 0) is 32.8 Å². The van der Waals surface area contributed by atoms with E-state index in [1.807, 2.05) is 25.1 Å². The lowest BCUT2D eigenvalue weighted by atomic mass is 9.90. The van der Waals surface area contributed by atoms with Crippen molar-refractivity contribution < 1.29 is 5.11 Å². The molecule has 0 aliphatic heterocycles. The van der Waals surface area contributed by atoms with Crippen LogP contribution >= 0.6 is 0 Å². The van der Waals surface area contributed by atoms with Crippen molar-refractivity contribution >= 4 is 0 Å². The van der Waals surface area contributed by atoms with E-state index in [4.69, 9.17) is 0 Å². The predicted molar refractivity (Wildman–Crippen MR) is 68.6 cm³/mol. The van der Waals surface area contributed by atoms with Crippen molar-refractivity contribution in [1.82, 2.24) is 5.32 Å². The molecule has 0 aromatic heterocycles. The Morgan fingerprint density at radius 3 is 2.38 bits per heavy atom. The molecule has 0 aliphatic carbocycles. The summed E-state index contributed by atoms with van der Waals surface area (Å²) in [5.41, 5.74) is 0.726. The summed E-state index contributed by atoms with van der Waals surface area (Å²) in [6.45, 7) is 9.77. The number of nitrogens with one attached hydrogen (secondary N) is 1. The molecule has 2 heteroatoms. The lowest BCUT2D eigenvalue weighted by Gasteiger charge is -2.32. The molecule has 0 bridgehead atoms. The molecule has 0 fully saturated rings. The Bertz CT molecular complexity index is 345. The summed E-state index contributed by atoms with van der Waals surface area (Å²) >= 11 is 0. The smallest absolute Gasteiger partial charge is 0.105 e. The highest BCUT2D eigenvalue weighted by Gasteiger charge is 2.28. The quantitative estimate of drug-likeness (QED) is 0.746. The minimum atomic E-state index is -0.463. The molecule has 0 aliphatic rings. The van der Waals surface area contributed by atoms with Gasteiger partial charge in [-0.15, -0.1) is 0 Å². The van der Waals surface area contributed by atoms with Crippen molar-refractivity contribution in [1.29, 1.82) is 0 Å². The fourth-order valence-corrected chi connectivity index (χ4v) is 1.88. The number of aliphatic hydroxyl groups is 1. The molecule has 2 N–H and O–H groups in total. The van der Waals surface area contributed by atoms with Crippen LogP contribution < -0.4 is 5.32 Å². The van der Waals surface area contributed by atoms with E-state index >= 15 is 0 Å². The van der Waals surface area contributed by atoms with Gasteiger partial charge >= 0.3 is 0 Å². The summed E-state index contributed by atoms with van der Waals surface area (Å²) in [4.78, 5) is 0. The highest BCUT2D eigenvalue weighted by atomic mass is 16.3. The van der Waals surface area contributed by atoms with E-state index in [-0.39, 0.29) is 5.76 Å². The fourth-order valence-electron chi connectivity index (χ4n) is 1.88. The zero-order valence-electron chi connectivity index (χ0n) is 10.3. The number of hydrogen-bond donors (Lipinski definition) is 2. The molecule has 0 radical (unpaired) electrons. The van der Waals surface area contributed by atoms with Crippen LogP contribution in [0, 0.1) is 0 Å². The molecule has 0 saturated heterocycles. The first-order valence-corrected chi connectivity index (χ1v) is 5.64. The first-order chi connectivity index (χ1) is 7.44. The zero-order valence-corrected chi connectivity index (χ0v) is 10.3. The third-order valence-electron chi connectivity index (χ3n) is 2.64. The van der Waals surface area contributed by atoms with E-state index in [1.165, 1.54) is 5.56 Å². The average Bonchev–Trinajstić information content (AvgIpc) is 2.17. The molecule has 0 heterocycles. The summed E-state index contributed by atoms with van der Waals surface area (Å²) in [6, 6.07) is 10.4. The van der Waals surface area contributed by atoms with Gasteiger partial charge in [0.15, 0.2) is 0 Å². The first kappa shape index (κ1) is 12.8. The van der Waals surface area contributed by atoms with Gasteiger partial charge in [0.05, 0.1) is 5.54 Å². The molecule has 1 aromatic carbocycles. The Kier molecular flexibility index (Phi) is 4.13. The van der Waals surface area contributed by atoms with Crippen molar-refractivity contribution in [2.75, 3.05) is 0 Å². The highest BCUT2D eigenvalue weighted by Crippen LogP contribution is 2.19. The summed E-state index contributed by atoms with van der Waals surface area (Å²) < 4.78 is 0. The molecular weight excluding hydrogens is 198 g/mol. The molecule has 2 nitrogen and oxygen atoms in total. The van der Waals surface area contributed by atoms with Crippen molar-refractivity contribution in [3.05, 3.63) is 48.2 Å². The van der Waals surface area contributed by atoms with Gasteiger partial charge < -0.3 is 10.4 Å². The van der Waals surface area contributed by atoms with E-state index in [9.17, 15) is 5.11 Å². The average molecular weight is 219 g/mol. The Balaban J connectivity index is 2.83. The lowest BCUT2D eigenvalue weighted by molar-refractivity contribution is 0.251. The minimum Gasteiger partial charge on any atom is -0.511 e. The molecule has 1 atom stereocenters. The van der Waals surface area contributed by atoms with E-state index in [1.54, 1.807) is 0 Å². The Labute approximate surface area is 98.0 Å². The molecular formula is C14H21NO. The number of hydrogen-bond acceptors (Lipinski definition) is 2. The standard InChI is InChI=1S/C14H21NO/c1-11(2)15-14(4,12(3)16)10-13-8-6-5-7-9-13/h5-9,11,15-16H,3,10H2,1-2,4H3/t14-/m0/s1. The Morgan fingerprint density at radius 1 is 1.38 bits per heavy atom. The van der Waals surface area contributed by atoms with Gasteiger partial charge in [0.25, 0.3) is 0 Å². The van der Waals surface area contributed by atoms with E-state index in [0.717, 1.165) is 6.42 Å². The van der Waals surface area contributed by atoms with Gasteiger partial charge in [-0.1, -0.05) is 36.9 Å². The first-order valence-electron chi connectivity index (χ1n) is 5.64. The van der Waals surface area contributed by atoms with E-state index in [2.05, 4.69) is 37.9 Å². The summed E-state index contributed by atoms with van der Waals surface area (Å²) in [6.07, 6.45) is 0.737. The van der Waals surface area contributed by atoms with Crippen LogP contribution in [0.2, 0.25) is 0 Å². The van der Waals surface area contributed by atoms with Gasteiger partial charge in [-0.25, -0.2) is 0 Å². The highest BCUT2D eigenvalue weighted by molar-refractivity contribution is 5.22. The summed E-state index contributed by atoms with van der Waals surface area (Å²) in [5.74, 6) is 0.185. The SMILES string of the molecule is C=C(O)[C@](C)(Cc1ccccc1)NC(C)C. The normalized spacial score (nSPS) is 14.8. The number of benzene rings is 1. The van der Waals surface area contributed by atoms with Crippen LogP contribution in [-0.4, -0.2) is 16.7 Å². The summed E-state index contributed by atoms with van der Waals surface area (Å²) in [7, 11) is 0. The number of aliphatic hydroxyl groups excluding tert-OH is 1. The van der Waals surface area contributed by atoms with E-state index < -0.39 is 5.54 Å². The molecule has 0 saturated carbocycles. The van der Waals surface area contributed by atoms with Crippen LogP contribution in [0.5, 0.6) is 0 Å². The second kappa shape index (κ2) is 5.17. The fraction of sp³-hybridized carbons (Fsp3) is 0.429. The van der Waals surface area contributed by atoms with Crippen LogP contribution in [0.25, 0.3) is 0 Å². The second-order valence-electron chi connectivity index (χ2n) is 4.74. The predicted octanol–water partition coefficient (Wildman–Crippen LogP) is 3.06. The second-order valence-corrected chi connectivity index (χ2v) is 4.74. The van der Waals surface area contributed by atoms with Gasteiger partial charge in [0.1, 0.15) is 5.76 Å². The molecule has 0 spiro atoms. The van der Waals surface area contributed by atoms with Gasteiger partial charge in [0.2, 0.25) is 0 Å². The summed E-state index contributed by atoms with van der Waals surface area (Å²) in [5, 5.41) is 13.1. The van der Waals surface area contributed by atoms with Crippen LogP contribution in [0.4, 0.5) is 0 Å². The van der Waals surface area contributed by atoms with Crippen molar-refractivity contribution in [3.8, 4) is 0 Å². The largest absolute Gasteiger partial charge is 0.511 e. The number of rotatable bonds is 5. The third-order valence-corrected chi connectivity index (χ3v) is 2.64. The minimum absolute atomic E-state index is 0.185. The molecule has 1 aromatic rings. The van der Waals surface area contributed by atoms with Crippen LogP contribution in [0.3, 0.4) is 0 Å². The maximum atomic E-state index is 9.72. The monoisotopic (exact) mass is 219 g/mol. The zero-order chi connectivity index (χ0) is 12.2. The molecule has 1 rings (SSSR count). The van der Waals surface area contributed by atoms with Crippen molar-refractivity contribution in [3.63, 3.8) is 0 Å². The maximum Gasteiger partial charge on any atom is 0.105 e.